The number of halogens is 2. The zero-order valence-electron chi connectivity index (χ0n) is 18.7. The Hall–Kier alpha value is -1.44. The molecule has 0 aliphatic carbocycles. The first-order valence-electron chi connectivity index (χ1n) is 10.7. The smallest absolute Gasteiger partial charge is 0.191 e. The Kier molecular flexibility index (Phi) is 12.3. The maximum atomic E-state index is 13.0. The molecular formula is C21H33FIN7OS. The van der Waals surface area contributed by atoms with Gasteiger partial charge in [0.2, 0.25) is 0 Å². The molecule has 2 heterocycles. The van der Waals surface area contributed by atoms with Crippen LogP contribution >= 0.6 is 35.7 Å². The van der Waals surface area contributed by atoms with E-state index in [1.807, 2.05) is 30.7 Å². The molecule has 1 aromatic heterocycles. The summed E-state index contributed by atoms with van der Waals surface area (Å²) >= 11 is 1.73. The third kappa shape index (κ3) is 9.20. The summed E-state index contributed by atoms with van der Waals surface area (Å²) in [6.07, 6.45) is 0.968. The van der Waals surface area contributed by atoms with Crippen molar-refractivity contribution in [1.82, 2.24) is 30.3 Å². The minimum absolute atomic E-state index is 0. The normalized spacial score (nSPS) is 14.8. The summed E-state index contributed by atoms with van der Waals surface area (Å²) in [4.78, 5) is 8.16. The fourth-order valence-electron chi connectivity index (χ4n) is 3.07. The summed E-state index contributed by atoms with van der Waals surface area (Å²) in [5.41, 5.74) is 0. The molecule has 0 amide bonds. The van der Waals surface area contributed by atoms with Gasteiger partial charge in [-0.05, 0) is 43.4 Å². The van der Waals surface area contributed by atoms with E-state index in [1.54, 1.807) is 11.8 Å². The molecule has 178 valence electrons. The van der Waals surface area contributed by atoms with E-state index in [1.165, 1.54) is 12.1 Å². The van der Waals surface area contributed by atoms with E-state index in [9.17, 15) is 4.39 Å². The average molecular weight is 578 g/mol. The van der Waals surface area contributed by atoms with Crippen molar-refractivity contribution in [2.75, 3.05) is 51.7 Å². The first kappa shape index (κ1) is 26.8. The molecule has 0 saturated carbocycles. The van der Waals surface area contributed by atoms with E-state index in [0.29, 0.717) is 6.54 Å². The van der Waals surface area contributed by atoms with E-state index in [0.717, 1.165) is 80.6 Å². The van der Waals surface area contributed by atoms with Gasteiger partial charge in [-0.15, -0.1) is 45.9 Å². The second-order valence-electron chi connectivity index (χ2n) is 7.35. The minimum Gasteiger partial charge on any atom is -0.379 e. The molecule has 0 bridgehead atoms. The number of aryl methyl sites for hydroxylation is 1. The molecule has 2 aromatic rings. The fourth-order valence-corrected chi connectivity index (χ4v) is 3.92. The number of rotatable bonds is 10. The van der Waals surface area contributed by atoms with Crippen LogP contribution in [0.5, 0.6) is 0 Å². The summed E-state index contributed by atoms with van der Waals surface area (Å²) in [6.45, 7) is 8.51. The van der Waals surface area contributed by atoms with Gasteiger partial charge in [-0.25, -0.2) is 9.38 Å². The van der Waals surface area contributed by atoms with Crippen molar-refractivity contribution in [2.45, 2.75) is 24.8 Å². The van der Waals surface area contributed by atoms with E-state index < -0.39 is 0 Å². The lowest BCUT2D eigenvalue weighted by Gasteiger charge is -2.26. The molecule has 0 spiro atoms. The zero-order chi connectivity index (χ0) is 21.9. The van der Waals surface area contributed by atoms with Gasteiger partial charge in [0.05, 0.1) is 13.2 Å². The fraction of sp³-hybridized carbons (Fsp3) is 0.571. The Balaban J connectivity index is 0.00000363. The number of thioether (sulfide) groups is 1. The van der Waals surface area contributed by atoms with Crippen LogP contribution in [0.1, 0.15) is 18.1 Å². The number of benzene rings is 1. The lowest BCUT2D eigenvalue weighted by molar-refractivity contribution is 0.0389. The quantitative estimate of drug-likeness (QED) is 0.148. The number of nitrogens with one attached hydrogen (secondary N) is 2. The molecule has 1 aromatic carbocycles. The van der Waals surface area contributed by atoms with Gasteiger partial charge < -0.3 is 19.9 Å². The first-order chi connectivity index (χ1) is 15.1. The standard InChI is InChI=1S/C21H32FN7OS.HI/c1-17-26-27-20(28(17)2)16-25-21(24-9-10-29-11-13-30-14-12-29)23-8-3-15-31-19-6-4-18(22)5-7-19;/h4-7H,3,8-16H2,1-2H3,(H2,23,24,25);1H. The minimum atomic E-state index is -0.201. The van der Waals surface area contributed by atoms with Crippen LogP contribution in [0.25, 0.3) is 0 Å². The molecule has 0 unspecified atom stereocenters. The van der Waals surface area contributed by atoms with Crippen LogP contribution in [0.4, 0.5) is 4.39 Å². The Labute approximate surface area is 210 Å². The molecule has 1 fully saturated rings. The largest absolute Gasteiger partial charge is 0.379 e. The number of morpholine rings is 1. The third-order valence-electron chi connectivity index (χ3n) is 5.08. The van der Waals surface area contributed by atoms with Gasteiger partial charge in [0.25, 0.3) is 0 Å². The van der Waals surface area contributed by atoms with Crippen LogP contribution < -0.4 is 10.6 Å². The highest BCUT2D eigenvalue weighted by molar-refractivity contribution is 14.0. The summed E-state index contributed by atoms with van der Waals surface area (Å²) < 4.78 is 20.4. The van der Waals surface area contributed by atoms with Crippen molar-refractivity contribution in [2.24, 2.45) is 12.0 Å². The van der Waals surface area contributed by atoms with Crippen LogP contribution in [-0.2, 0) is 18.3 Å². The second-order valence-corrected chi connectivity index (χ2v) is 8.52. The predicted octanol–water partition coefficient (Wildman–Crippen LogP) is 2.43. The van der Waals surface area contributed by atoms with Crippen LogP contribution in [0.3, 0.4) is 0 Å². The molecule has 3 rings (SSSR count). The molecule has 11 heteroatoms. The number of nitrogens with zero attached hydrogens (tertiary/aromatic N) is 5. The molecule has 0 atom stereocenters. The van der Waals surface area contributed by atoms with Gasteiger partial charge in [0, 0.05) is 44.7 Å². The predicted molar refractivity (Wildman–Crippen MR) is 137 cm³/mol. The Morgan fingerprint density at radius 1 is 1.16 bits per heavy atom. The van der Waals surface area contributed by atoms with E-state index in [-0.39, 0.29) is 29.8 Å². The first-order valence-corrected chi connectivity index (χ1v) is 11.7. The molecule has 0 radical (unpaired) electrons. The van der Waals surface area contributed by atoms with Crippen molar-refractivity contribution >= 4 is 41.7 Å². The van der Waals surface area contributed by atoms with Gasteiger partial charge in [-0.1, -0.05) is 0 Å². The summed E-state index contributed by atoms with van der Waals surface area (Å²) in [5, 5.41) is 15.1. The zero-order valence-corrected chi connectivity index (χ0v) is 21.9. The highest BCUT2D eigenvalue weighted by Gasteiger charge is 2.10. The maximum absolute atomic E-state index is 13.0. The van der Waals surface area contributed by atoms with Crippen LogP contribution in [0.15, 0.2) is 34.2 Å². The number of hydrogen-bond donors (Lipinski definition) is 2. The summed E-state index contributed by atoms with van der Waals surface area (Å²) in [5.74, 6) is 3.23. The Morgan fingerprint density at radius 3 is 2.56 bits per heavy atom. The number of ether oxygens (including phenoxy) is 1. The van der Waals surface area contributed by atoms with Crippen LogP contribution in [0, 0.1) is 12.7 Å². The molecule has 1 aliphatic rings. The van der Waals surface area contributed by atoms with Crippen molar-refractivity contribution < 1.29 is 9.13 Å². The summed E-state index contributed by atoms with van der Waals surface area (Å²) in [7, 11) is 1.95. The van der Waals surface area contributed by atoms with Crippen molar-refractivity contribution in [1.29, 1.82) is 0 Å². The second kappa shape index (κ2) is 14.7. The molecule has 32 heavy (non-hydrogen) atoms. The van der Waals surface area contributed by atoms with Gasteiger partial charge in [-0.2, -0.15) is 0 Å². The molecule has 8 nitrogen and oxygen atoms in total. The van der Waals surface area contributed by atoms with Gasteiger partial charge in [0.1, 0.15) is 18.2 Å². The average Bonchev–Trinajstić information content (AvgIpc) is 3.11. The van der Waals surface area contributed by atoms with Crippen molar-refractivity contribution in [3.05, 3.63) is 41.7 Å². The Morgan fingerprint density at radius 2 is 1.88 bits per heavy atom. The summed E-state index contributed by atoms with van der Waals surface area (Å²) in [6, 6.07) is 6.63. The number of guanidine groups is 1. The highest BCUT2D eigenvalue weighted by Crippen LogP contribution is 2.18. The molecule has 1 saturated heterocycles. The highest BCUT2D eigenvalue weighted by atomic mass is 127. The van der Waals surface area contributed by atoms with E-state index in [2.05, 4.69) is 25.7 Å². The van der Waals surface area contributed by atoms with Gasteiger partial charge in [-0.3, -0.25) is 4.90 Å². The number of aromatic nitrogens is 3. The maximum Gasteiger partial charge on any atom is 0.191 e. The lowest BCUT2D eigenvalue weighted by atomic mass is 10.4. The van der Waals surface area contributed by atoms with Gasteiger partial charge in [0.15, 0.2) is 11.8 Å². The van der Waals surface area contributed by atoms with Gasteiger partial charge >= 0.3 is 0 Å². The topological polar surface area (TPSA) is 79.6 Å². The molecule has 1 aliphatic heterocycles. The molecule has 2 N–H and O–H groups in total. The molecular weight excluding hydrogens is 544 g/mol. The van der Waals surface area contributed by atoms with Crippen LogP contribution in [0.2, 0.25) is 0 Å². The van der Waals surface area contributed by atoms with E-state index >= 15 is 0 Å². The van der Waals surface area contributed by atoms with Crippen LogP contribution in [-0.4, -0.2) is 77.3 Å². The Bertz CT molecular complexity index is 828. The number of hydrogen-bond acceptors (Lipinski definition) is 6. The third-order valence-corrected chi connectivity index (χ3v) is 6.18. The van der Waals surface area contributed by atoms with Crippen molar-refractivity contribution in [3.8, 4) is 0 Å². The lowest BCUT2D eigenvalue weighted by Crippen LogP contribution is -2.44. The van der Waals surface area contributed by atoms with E-state index in [4.69, 9.17) is 9.73 Å². The number of aliphatic imine (C=N–C) groups is 1. The SMILES string of the molecule is Cc1nnc(CN=C(NCCCSc2ccc(F)cc2)NCCN2CCOCC2)n1C.I. The van der Waals surface area contributed by atoms with Crippen molar-refractivity contribution in [3.63, 3.8) is 0 Å². The monoisotopic (exact) mass is 577 g/mol.